The Kier molecular flexibility index (Phi) is 3.35. The Labute approximate surface area is 141 Å². The van der Waals surface area contributed by atoms with Crippen molar-refractivity contribution in [2.24, 2.45) is 0 Å². The second kappa shape index (κ2) is 5.54. The van der Waals surface area contributed by atoms with Crippen LogP contribution in [0.3, 0.4) is 0 Å². The van der Waals surface area contributed by atoms with E-state index in [2.05, 4.69) is 15.3 Å². The van der Waals surface area contributed by atoms with Crippen LogP contribution in [-0.4, -0.2) is 19.8 Å². The van der Waals surface area contributed by atoms with Crippen LogP contribution in [0.25, 0.3) is 26.8 Å². The van der Waals surface area contributed by atoms with E-state index in [9.17, 15) is 4.79 Å². The molecule has 0 aliphatic carbocycles. The van der Waals surface area contributed by atoms with E-state index in [1.54, 1.807) is 6.07 Å². The molecule has 0 aliphatic rings. The van der Waals surface area contributed by atoms with Gasteiger partial charge in [0.05, 0.1) is 0 Å². The van der Waals surface area contributed by atoms with Crippen molar-refractivity contribution in [2.75, 3.05) is 5.73 Å². The molecule has 0 spiro atoms. The van der Waals surface area contributed by atoms with Crippen molar-refractivity contribution in [1.82, 2.24) is 19.8 Å². The van der Waals surface area contributed by atoms with E-state index >= 15 is 0 Å². The van der Waals surface area contributed by atoms with Gasteiger partial charge in [0, 0.05) is 16.8 Å². The number of fused-ring (bicyclic) bond motifs is 1. The van der Waals surface area contributed by atoms with Crippen LogP contribution >= 0.6 is 11.3 Å². The number of rotatable bonds is 2. The Morgan fingerprint density at radius 2 is 1.83 bits per heavy atom. The summed E-state index contributed by atoms with van der Waals surface area (Å²) >= 11 is 1.30. The summed E-state index contributed by atoms with van der Waals surface area (Å²) in [5, 5.41) is 13.3. The summed E-state index contributed by atoms with van der Waals surface area (Å²) in [6.07, 6.45) is 0. The molecule has 24 heavy (non-hydrogen) atoms. The van der Waals surface area contributed by atoms with Gasteiger partial charge in [-0.2, -0.15) is 9.61 Å². The maximum atomic E-state index is 12.7. The summed E-state index contributed by atoms with van der Waals surface area (Å²) in [6.45, 7) is 1.99. The molecule has 0 fully saturated rings. The van der Waals surface area contributed by atoms with Gasteiger partial charge in [-0.1, -0.05) is 53.3 Å². The molecule has 0 unspecified atom stereocenters. The van der Waals surface area contributed by atoms with E-state index in [4.69, 9.17) is 5.73 Å². The molecule has 4 rings (SSSR count). The Balaban J connectivity index is 1.88. The third-order valence-corrected chi connectivity index (χ3v) is 4.60. The Hall–Kier alpha value is -3.06. The highest BCUT2D eigenvalue weighted by Gasteiger charge is 2.14. The Morgan fingerprint density at radius 3 is 2.58 bits per heavy atom. The summed E-state index contributed by atoms with van der Waals surface area (Å²) in [6, 6.07) is 15.0. The fourth-order valence-electron chi connectivity index (χ4n) is 2.40. The Morgan fingerprint density at radius 1 is 1.04 bits per heavy atom. The summed E-state index contributed by atoms with van der Waals surface area (Å²) < 4.78 is 1.30. The van der Waals surface area contributed by atoms with Gasteiger partial charge in [0.15, 0.2) is 5.69 Å². The van der Waals surface area contributed by atoms with Crippen LogP contribution in [0.2, 0.25) is 0 Å². The number of anilines is 1. The van der Waals surface area contributed by atoms with Gasteiger partial charge in [-0.3, -0.25) is 4.79 Å². The molecule has 0 saturated heterocycles. The fraction of sp³-hybridized carbons (Fsp3) is 0.0588. The lowest BCUT2D eigenvalue weighted by Gasteiger charge is -1.99. The molecule has 0 saturated carbocycles. The number of hydrogen-bond donors (Lipinski definition) is 1. The van der Waals surface area contributed by atoms with Crippen LogP contribution < -0.4 is 11.3 Å². The number of aryl methyl sites for hydroxylation is 1. The molecule has 0 amide bonds. The summed E-state index contributed by atoms with van der Waals surface area (Å²) in [5.74, 6) is 0. The quantitative estimate of drug-likeness (QED) is 0.569. The van der Waals surface area contributed by atoms with Crippen molar-refractivity contribution in [3.8, 4) is 21.8 Å². The van der Waals surface area contributed by atoms with E-state index in [1.807, 2.05) is 49.4 Å². The van der Waals surface area contributed by atoms with Crippen molar-refractivity contribution in [3.05, 3.63) is 64.4 Å². The first kappa shape index (κ1) is 14.5. The van der Waals surface area contributed by atoms with Crippen LogP contribution in [0.4, 0.5) is 5.69 Å². The van der Waals surface area contributed by atoms with Crippen molar-refractivity contribution in [2.45, 2.75) is 6.92 Å². The lowest BCUT2D eigenvalue weighted by molar-refractivity contribution is 0.862. The number of nitrogen functional groups attached to an aromatic ring is 1. The molecule has 0 aliphatic heterocycles. The van der Waals surface area contributed by atoms with Gasteiger partial charge in [0.25, 0.3) is 0 Å². The zero-order valence-electron chi connectivity index (χ0n) is 12.8. The van der Waals surface area contributed by atoms with Crippen molar-refractivity contribution >= 4 is 22.0 Å². The molecule has 0 radical (unpaired) electrons. The first-order valence-corrected chi connectivity index (χ1v) is 8.13. The van der Waals surface area contributed by atoms with E-state index in [0.29, 0.717) is 15.7 Å². The molecule has 118 valence electrons. The van der Waals surface area contributed by atoms with Crippen LogP contribution in [-0.2, 0) is 0 Å². The Bertz CT molecular complexity index is 1100. The van der Waals surface area contributed by atoms with Crippen LogP contribution in [0.15, 0.2) is 53.3 Å². The predicted octanol–water partition coefficient (Wildman–Crippen LogP) is 2.77. The first-order chi connectivity index (χ1) is 11.6. The predicted molar refractivity (Wildman–Crippen MR) is 95.0 cm³/mol. The highest BCUT2D eigenvalue weighted by Crippen LogP contribution is 2.25. The molecular formula is C17H13N5OS. The molecule has 4 aromatic rings. The van der Waals surface area contributed by atoms with E-state index < -0.39 is 0 Å². The maximum absolute atomic E-state index is 12.7. The average molecular weight is 335 g/mol. The fourth-order valence-corrected chi connectivity index (χ4v) is 3.23. The molecular weight excluding hydrogens is 322 g/mol. The topological polar surface area (TPSA) is 86.2 Å². The lowest BCUT2D eigenvalue weighted by Crippen LogP contribution is -2.19. The van der Waals surface area contributed by atoms with E-state index in [0.717, 1.165) is 16.7 Å². The van der Waals surface area contributed by atoms with Gasteiger partial charge >= 0.3 is 5.56 Å². The standard InChI is InChI=1S/C17H13N5OS/c1-10-5-7-11(8-6-10)14-16(23)22-17(20-19-14)24-15(21-22)12-3-2-4-13(18)9-12/h2-9H,18H2,1H3. The molecule has 2 heterocycles. The van der Waals surface area contributed by atoms with E-state index in [1.165, 1.54) is 15.9 Å². The maximum Gasteiger partial charge on any atom is 0.302 e. The SMILES string of the molecule is Cc1ccc(-c2nnc3sc(-c4cccc(N)c4)nn3c2=O)cc1. The van der Waals surface area contributed by atoms with Gasteiger partial charge in [-0.05, 0) is 19.1 Å². The molecule has 0 bridgehead atoms. The third kappa shape index (κ3) is 2.44. The highest BCUT2D eigenvalue weighted by molar-refractivity contribution is 7.19. The van der Waals surface area contributed by atoms with Crippen molar-refractivity contribution in [1.29, 1.82) is 0 Å². The van der Waals surface area contributed by atoms with Gasteiger partial charge in [-0.25, -0.2) is 0 Å². The van der Waals surface area contributed by atoms with Gasteiger partial charge in [-0.15, -0.1) is 10.2 Å². The summed E-state index contributed by atoms with van der Waals surface area (Å²) in [7, 11) is 0. The second-order valence-corrected chi connectivity index (χ2v) is 6.40. The minimum Gasteiger partial charge on any atom is -0.399 e. The third-order valence-electron chi connectivity index (χ3n) is 3.65. The minimum atomic E-state index is -0.282. The van der Waals surface area contributed by atoms with Crippen LogP contribution in [0.5, 0.6) is 0 Å². The van der Waals surface area contributed by atoms with Gasteiger partial charge < -0.3 is 5.73 Å². The normalized spacial score (nSPS) is 11.0. The average Bonchev–Trinajstić information content (AvgIpc) is 3.02. The molecule has 0 atom stereocenters. The number of hydrogen-bond acceptors (Lipinski definition) is 6. The number of benzene rings is 2. The zero-order chi connectivity index (χ0) is 16.7. The molecule has 2 aromatic heterocycles. The largest absolute Gasteiger partial charge is 0.399 e. The van der Waals surface area contributed by atoms with Gasteiger partial charge in [0.2, 0.25) is 4.96 Å². The van der Waals surface area contributed by atoms with Crippen LogP contribution in [0.1, 0.15) is 5.56 Å². The number of nitrogens with zero attached hydrogens (tertiary/aromatic N) is 4. The van der Waals surface area contributed by atoms with Crippen molar-refractivity contribution in [3.63, 3.8) is 0 Å². The van der Waals surface area contributed by atoms with Crippen molar-refractivity contribution < 1.29 is 0 Å². The first-order valence-electron chi connectivity index (χ1n) is 7.31. The monoisotopic (exact) mass is 335 g/mol. The second-order valence-electron chi connectivity index (χ2n) is 5.45. The number of nitrogens with two attached hydrogens (primary N) is 1. The molecule has 6 nitrogen and oxygen atoms in total. The molecule has 7 heteroatoms. The van der Waals surface area contributed by atoms with Crippen LogP contribution in [0, 0.1) is 6.92 Å². The summed E-state index contributed by atoms with van der Waals surface area (Å²) in [5.41, 5.74) is 9.16. The van der Waals surface area contributed by atoms with E-state index in [-0.39, 0.29) is 11.3 Å². The lowest BCUT2D eigenvalue weighted by atomic mass is 10.1. The van der Waals surface area contributed by atoms with Gasteiger partial charge in [0.1, 0.15) is 5.01 Å². The summed E-state index contributed by atoms with van der Waals surface area (Å²) in [4.78, 5) is 13.2. The molecule has 2 aromatic carbocycles. The number of aromatic nitrogens is 4. The smallest absolute Gasteiger partial charge is 0.302 e. The highest BCUT2D eigenvalue weighted by atomic mass is 32.1. The minimum absolute atomic E-state index is 0.282. The zero-order valence-corrected chi connectivity index (χ0v) is 13.6. The molecule has 2 N–H and O–H groups in total.